The lowest BCUT2D eigenvalue weighted by Crippen LogP contribution is -2.48. The summed E-state index contributed by atoms with van der Waals surface area (Å²) in [7, 11) is 1.54. The molecule has 0 atom stereocenters. The molecule has 0 spiro atoms. The summed E-state index contributed by atoms with van der Waals surface area (Å²) in [5.74, 6) is -1.73. The summed E-state index contributed by atoms with van der Waals surface area (Å²) < 4.78 is 37.0. The molecule has 0 saturated heterocycles. The number of carbonyl (C=O) groups is 2. The maximum atomic E-state index is 12.5. The number of benzene rings is 1. The molecule has 2 rings (SSSR count). The minimum atomic E-state index is -5.08. The highest BCUT2D eigenvalue weighted by Gasteiger charge is 2.38. The lowest BCUT2D eigenvalue weighted by atomic mass is 9.97. The number of ether oxygens (including phenoxy) is 1. The van der Waals surface area contributed by atoms with Crippen LogP contribution >= 0.6 is 0 Å². The Morgan fingerprint density at radius 1 is 1.21 bits per heavy atom. The van der Waals surface area contributed by atoms with Crippen LogP contribution in [0.3, 0.4) is 0 Å². The van der Waals surface area contributed by atoms with Gasteiger partial charge in [0, 0.05) is 18.8 Å². The van der Waals surface area contributed by atoms with Crippen LogP contribution in [-0.4, -0.2) is 46.9 Å². The first-order valence-corrected chi connectivity index (χ1v) is 9.28. The van der Waals surface area contributed by atoms with Gasteiger partial charge in [-0.15, -0.1) is 0 Å². The highest BCUT2D eigenvalue weighted by atomic mass is 19.4. The number of amides is 2. The second-order valence-corrected chi connectivity index (χ2v) is 7.57. The summed E-state index contributed by atoms with van der Waals surface area (Å²) in [6, 6.07) is 10.2. The molecule has 0 bridgehead atoms. The quantitative estimate of drug-likeness (QED) is 0.566. The Kier molecular flexibility index (Phi) is 9.40. The van der Waals surface area contributed by atoms with Crippen LogP contribution in [0.25, 0.3) is 0 Å². The average Bonchev–Trinajstić information content (AvgIpc) is 2.72. The van der Waals surface area contributed by atoms with Crippen molar-refractivity contribution in [1.82, 2.24) is 15.4 Å². The van der Waals surface area contributed by atoms with E-state index in [4.69, 9.17) is 19.9 Å². The molecule has 2 aromatic rings. The normalized spacial score (nSPS) is 10.7. The molecule has 0 radical (unpaired) electrons. The number of hydrogen-bond acceptors (Lipinski definition) is 7. The summed E-state index contributed by atoms with van der Waals surface area (Å²) in [6.45, 7) is 6.58. The van der Waals surface area contributed by atoms with E-state index in [1.54, 1.807) is 29.3 Å². The van der Waals surface area contributed by atoms with Crippen molar-refractivity contribution in [3.8, 4) is 11.8 Å². The lowest BCUT2D eigenvalue weighted by Gasteiger charge is -2.30. The number of rotatable bonds is 5. The number of hydrogen-bond donors (Lipinski definition) is 3. The SMILES string of the molecule is COc1ccccc1NC(=O)NN(CC(C)(C)C)c1ccnc(C#N)n1.O=C(O)C(F)(F)F. The molecular formula is C20H23F3N6O4. The smallest absolute Gasteiger partial charge is 0.490 e. The predicted octanol–water partition coefficient (Wildman–Crippen LogP) is 3.58. The fourth-order valence-electron chi connectivity index (χ4n) is 2.23. The van der Waals surface area contributed by atoms with Crippen LogP contribution < -0.4 is 20.5 Å². The van der Waals surface area contributed by atoms with Crippen LogP contribution in [0.1, 0.15) is 26.6 Å². The molecule has 2 amide bonds. The molecule has 0 fully saturated rings. The van der Waals surface area contributed by atoms with Crippen LogP contribution in [0, 0.1) is 16.7 Å². The van der Waals surface area contributed by atoms with E-state index in [2.05, 4.69) is 20.7 Å². The number of carbonyl (C=O) groups excluding carboxylic acids is 1. The van der Waals surface area contributed by atoms with E-state index < -0.39 is 18.2 Å². The Morgan fingerprint density at radius 3 is 2.33 bits per heavy atom. The molecule has 1 aromatic carbocycles. The van der Waals surface area contributed by atoms with Crippen LogP contribution in [0.4, 0.5) is 29.5 Å². The van der Waals surface area contributed by atoms with E-state index in [1.807, 2.05) is 32.9 Å². The Bertz CT molecular complexity index is 1000. The molecule has 0 unspecified atom stereocenters. The number of nitriles is 1. The van der Waals surface area contributed by atoms with E-state index in [9.17, 15) is 18.0 Å². The molecule has 13 heteroatoms. The largest absolute Gasteiger partial charge is 0.495 e. The zero-order valence-corrected chi connectivity index (χ0v) is 18.3. The molecule has 1 heterocycles. The van der Waals surface area contributed by atoms with E-state index in [1.165, 1.54) is 13.3 Å². The van der Waals surface area contributed by atoms with Gasteiger partial charge in [-0.2, -0.15) is 23.4 Å². The molecule has 178 valence electrons. The Balaban J connectivity index is 0.000000675. The average molecular weight is 468 g/mol. The van der Waals surface area contributed by atoms with Crippen molar-refractivity contribution in [3.63, 3.8) is 0 Å². The number of methoxy groups -OCH3 is 1. The summed E-state index contributed by atoms with van der Waals surface area (Å²) >= 11 is 0. The third-order valence-electron chi connectivity index (χ3n) is 3.48. The monoisotopic (exact) mass is 468 g/mol. The van der Waals surface area contributed by atoms with Gasteiger partial charge in [0.05, 0.1) is 12.8 Å². The fourth-order valence-corrected chi connectivity index (χ4v) is 2.23. The number of nitrogens with zero attached hydrogens (tertiary/aromatic N) is 4. The number of nitrogens with one attached hydrogen (secondary N) is 2. The maximum absolute atomic E-state index is 12.5. The molecule has 33 heavy (non-hydrogen) atoms. The number of alkyl halides is 3. The van der Waals surface area contributed by atoms with Gasteiger partial charge in [0.1, 0.15) is 11.8 Å². The van der Waals surface area contributed by atoms with Crippen molar-refractivity contribution in [2.45, 2.75) is 26.9 Å². The van der Waals surface area contributed by atoms with Crippen molar-refractivity contribution in [2.24, 2.45) is 5.41 Å². The number of aromatic nitrogens is 2. The standard InChI is InChI=1S/C18H22N6O2.C2HF3O2/c1-18(2,3)12-24(16-9-10-20-15(11-19)22-16)23-17(25)21-13-7-5-6-8-14(13)26-4;3-2(4,5)1(6)7/h5-10H,12H2,1-4H3,(H2,21,23,25);(H,6,7). The number of halogens is 3. The molecule has 0 aliphatic carbocycles. The summed E-state index contributed by atoms with van der Waals surface area (Å²) in [6.07, 6.45) is -3.60. The lowest BCUT2D eigenvalue weighted by molar-refractivity contribution is -0.192. The van der Waals surface area contributed by atoms with Crippen LogP contribution in [0.2, 0.25) is 0 Å². The van der Waals surface area contributed by atoms with Gasteiger partial charge in [-0.3, -0.25) is 5.01 Å². The van der Waals surface area contributed by atoms with Crippen molar-refractivity contribution >= 4 is 23.5 Å². The summed E-state index contributed by atoms with van der Waals surface area (Å²) in [5.41, 5.74) is 3.18. The number of para-hydroxylation sites is 2. The van der Waals surface area contributed by atoms with Crippen LogP contribution in [0.15, 0.2) is 36.5 Å². The van der Waals surface area contributed by atoms with Crippen molar-refractivity contribution < 1.29 is 32.6 Å². The third kappa shape index (κ3) is 9.72. The van der Waals surface area contributed by atoms with Crippen LogP contribution in [-0.2, 0) is 4.79 Å². The second kappa shape index (κ2) is 11.5. The third-order valence-corrected chi connectivity index (χ3v) is 3.48. The van der Waals surface area contributed by atoms with Crippen LogP contribution in [0.5, 0.6) is 5.75 Å². The zero-order chi connectivity index (χ0) is 25.2. The molecule has 1 aromatic heterocycles. The zero-order valence-electron chi connectivity index (χ0n) is 18.3. The second-order valence-electron chi connectivity index (χ2n) is 7.57. The number of anilines is 2. The summed E-state index contributed by atoms with van der Waals surface area (Å²) in [5, 5.41) is 20.5. The number of hydrazine groups is 1. The van der Waals surface area contributed by atoms with Crippen molar-refractivity contribution in [3.05, 3.63) is 42.4 Å². The topological polar surface area (TPSA) is 140 Å². The minimum Gasteiger partial charge on any atom is -0.495 e. The van der Waals surface area contributed by atoms with Gasteiger partial charge in [-0.1, -0.05) is 32.9 Å². The molecule has 10 nitrogen and oxygen atoms in total. The fraction of sp³-hybridized carbons (Fsp3) is 0.350. The Hall–Kier alpha value is -4.08. The number of carboxylic acids is 1. The number of carboxylic acid groups (broad SMARTS) is 1. The van der Waals surface area contributed by atoms with Gasteiger partial charge in [-0.05, 0) is 17.5 Å². The number of aliphatic carboxylic acids is 1. The van der Waals surface area contributed by atoms with Crippen molar-refractivity contribution in [2.75, 3.05) is 24.0 Å². The van der Waals surface area contributed by atoms with Gasteiger partial charge >= 0.3 is 18.2 Å². The first-order chi connectivity index (χ1) is 15.3. The van der Waals surface area contributed by atoms with Gasteiger partial charge in [0.15, 0.2) is 5.82 Å². The van der Waals surface area contributed by atoms with Gasteiger partial charge in [-0.25, -0.2) is 20.0 Å². The minimum absolute atomic E-state index is 0.0355. The molecule has 0 aliphatic rings. The predicted molar refractivity (Wildman–Crippen MR) is 112 cm³/mol. The maximum Gasteiger partial charge on any atom is 0.490 e. The number of urea groups is 1. The van der Waals surface area contributed by atoms with Gasteiger partial charge in [0.25, 0.3) is 0 Å². The first kappa shape index (κ1) is 27.0. The molecular weight excluding hydrogens is 445 g/mol. The Morgan fingerprint density at radius 2 is 1.82 bits per heavy atom. The molecule has 0 aliphatic heterocycles. The highest BCUT2D eigenvalue weighted by molar-refractivity contribution is 5.91. The molecule has 0 saturated carbocycles. The van der Waals surface area contributed by atoms with E-state index in [-0.39, 0.29) is 11.2 Å². The van der Waals surface area contributed by atoms with E-state index in [0.717, 1.165) is 0 Å². The Labute approximate surface area is 188 Å². The van der Waals surface area contributed by atoms with Gasteiger partial charge in [0.2, 0.25) is 5.82 Å². The summed E-state index contributed by atoms with van der Waals surface area (Å²) in [4.78, 5) is 29.4. The highest BCUT2D eigenvalue weighted by Crippen LogP contribution is 2.23. The van der Waals surface area contributed by atoms with Crippen molar-refractivity contribution in [1.29, 1.82) is 5.26 Å². The first-order valence-electron chi connectivity index (χ1n) is 9.28. The van der Waals surface area contributed by atoms with E-state index in [0.29, 0.717) is 23.8 Å². The molecule has 3 N–H and O–H groups in total. The van der Waals surface area contributed by atoms with E-state index >= 15 is 0 Å². The van der Waals surface area contributed by atoms with Gasteiger partial charge < -0.3 is 15.2 Å².